The van der Waals surface area contributed by atoms with Crippen molar-refractivity contribution in [2.75, 3.05) is 20.3 Å². The number of ether oxygens (including phenoxy) is 2. The Morgan fingerprint density at radius 3 is 2.76 bits per heavy atom. The van der Waals surface area contributed by atoms with Crippen molar-refractivity contribution in [3.05, 3.63) is 28.3 Å². The Morgan fingerprint density at radius 1 is 1.24 bits per heavy atom. The first kappa shape index (κ1) is 17.5. The first-order valence-electron chi connectivity index (χ1n) is 8.85. The lowest BCUT2D eigenvalue weighted by Crippen LogP contribution is -2.51. The van der Waals surface area contributed by atoms with Crippen LogP contribution in [0.15, 0.2) is 18.2 Å². The van der Waals surface area contributed by atoms with Crippen LogP contribution in [0.5, 0.6) is 11.5 Å². The molecule has 1 saturated heterocycles. The largest absolute Gasteiger partial charge is 0.493 e. The van der Waals surface area contributed by atoms with Crippen molar-refractivity contribution >= 4 is 11.6 Å². The Hall–Kier alpha value is -2.31. The van der Waals surface area contributed by atoms with E-state index in [1.54, 1.807) is 0 Å². The summed E-state index contributed by atoms with van der Waals surface area (Å²) in [4.78, 5) is 25.1. The summed E-state index contributed by atoms with van der Waals surface area (Å²) in [6, 6.07) is 4.46. The molecule has 0 spiro atoms. The highest BCUT2D eigenvalue weighted by Gasteiger charge is 2.35. The number of methoxy groups -OCH3 is 1. The second kappa shape index (κ2) is 7.72. The van der Waals surface area contributed by atoms with Crippen LogP contribution in [0.2, 0.25) is 0 Å². The van der Waals surface area contributed by atoms with E-state index < -0.39 is 4.92 Å². The van der Waals surface area contributed by atoms with Crippen LogP contribution in [0.4, 0.5) is 5.69 Å². The van der Waals surface area contributed by atoms with Gasteiger partial charge in [-0.3, -0.25) is 14.9 Å². The molecule has 25 heavy (non-hydrogen) atoms. The fourth-order valence-electron chi connectivity index (χ4n) is 4.05. The lowest BCUT2D eigenvalue weighted by Gasteiger charge is -2.44. The quantitative estimate of drug-likeness (QED) is 0.603. The number of likely N-dealkylation sites (tertiary alicyclic amines) is 1. The maximum atomic E-state index is 12.7. The Balaban J connectivity index is 1.67. The molecule has 2 aliphatic rings. The molecule has 0 N–H and O–H groups in total. The van der Waals surface area contributed by atoms with Gasteiger partial charge in [0.1, 0.15) is 0 Å². The van der Waals surface area contributed by atoms with E-state index in [9.17, 15) is 14.9 Å². The van der Waals surface area contributed by atoms with Gasteiger partial charge in [0.05, 0.1) is 18.1 Å². The third-order valence-corrected chi connectivity index (χ3v) is 5.27. The van der Waals surface area contributed by atoms with Gasteiger partial charge in [-0.25, -0.2) is 0 Å². The number of hydrogen-bond donors (Lipinski definition) is 0. The molecular formula is C18H24N2O5. The standard InChI is InChI=1S/C18H24N2O5/c1-24-16-9-8-14(20(22)23)11-17(16)25-12-18(21)19-10-4-6-13-5-2-3-7-15(13)19/h8-9,11,13,15H,2-7,10,12H2,1H3/t13-,15+/m0/s1. The average molecular weight is 348 g/mol. The van der Waals surface area contributed by atoms with Gasteiger partial charge in [0.15, 0.2) is 18.1 Å². The molecule has 0 unspecified atom stereocenters. The molecule has 1 heterocycles. The van der Waals surface area contributed by atoms with Gasteiger partial charge in [0.2, 0.25) is 0 Å². The minimum Gasteiger partial charge on any atom is -0.493 e. The normalized spacial score (nSPS) is 22.8. The van der Waals surface area contributed by atoms with Gasteiger partial charge in [0.25, 0.3) is 11.6 Å². The number of carbonyl (C=O) groups is 1. The topological polar surface area (TPSA) is 81.9 Å². The highest BCUT2D eigenvalue weighted by Crippen LogP contribution is 2.36. The summed E-state index contributed by atoms with van der Waals surface area (Å²) < 4.78 is 10.8. The van der Waals surface area contributed by atoms with E-state index in [1.165, 1.54) is 51.0 Å². The predicted octanol–water partition coefficient (Wildman–Crippen LogP) is 3.16. The van der Waals surface area contributed by atoms with Crippen molar-refractivity contribution in [1.29, 1.82) is 0 Å². The van der Waals surface area contributed by atoms with Gasteiger partial charge >= 0.3 is 0 Å². The minimum atomic E-state index is -0.495. The summed E-state index contributed by atoms with van der Waals surface area (Å²) >= 11 is 0. The van der Waals surface area contributed by atoms with Crippen LogP contribution in [0.1, 0.15) is 38.5 Å². The van der Waals surface area contributed by atoms with Crippen molar-refractivity contribution in [1.82, 2.24) is 4.90 Å². The van der Waals surface area contributed by atoms with E-state index in [4.69, 9.17) is 9.47 Å². The number of amides is 1. The van der Waals surface area contributed by atoms with Gasteiger partial charge < -0.3 is 14.4 Å². The van der Waals surface area contributed by atoms with E-state index in [2.05, 4.69) is 0 Å². The van der Waals surface area contributed by atoms with Crippen LogP contribution in [-0.4, -0.2) is 42.0 Å². The second-order valence-corrected chi connectivity index (χ2v) is 6.72. The number of fused-ring (bicyclic) bond motifs is 1. The lowest BCUT2D eigenvalue weighted by atomic mass is 9.78. The third kappa shape index (κ3) is 3.86. The number of carbonyl (C=O) groups excluding carboxylic acids is 1. The molecule has 1 saturated carbocycles. The Bertz CT molecular complexity index is 646. The Kier molecular flexibility index (Phi) is 5.40. The number of nitrogens with zero attached hydrogens (tertiary/aromatic N) is 2. The van der Waals surface area contributed by atoms with Crippen molar-refractivity contribution < 1.29 is 19.2 Å². The van der Waals surface area contributed by atoms with E-state index in [0.717, 1.165) is 19.4 Å². The van der Waals surface area contributed by atoms with Crippen LogP contribution in [-0.2, 0) is 4.79 Å². The zero-order valence-corrected chi connectivity index (χ0v) is 14.5. The fourth-order valence-corrected chi connectivity index (χ4v) is 4.05. The zero-order chi connectivity index (χ0) is 17.8. The summed E-state index contributed by atoms with van der Waals surface area (Å²) in [6.07, 6.45) is 6.93. The van der Waals surface area contributed by atoms with Crippen molar-refractivity contribution in [3.8, 4) is 11.5 Å². The maximum absolute atomic E-state index is 12.7. The molecule has 7 nitrogen and oxygen atoms in total. The van der Waals surface area contributed by atoms with Crippen LogP contribution >= 0.6 is 0 Å². The van der Waals surface area contributed by atoms with Gasteiger partial charge in [-0.1, -0.05) is 12.8 Å². The van der Waals surface area contributed by atoms with Crippen LogP contribution < -0.4 is 9.47 Å². The summed E-state index contributed by atoms with van der Waals surface area (Å²) in [5, 5.41) is 10.9. The molecule has 1 aliphatic carbocycles. The molecule has 1 aromatic carbocycles. The number of nitro groups is 1. The van der Waals surface area contributed by atoms with Gasteiger partial charge in [-0.05, 0) is 37.7 Å². The summed E-state index contributed by atoms with van der Waals surface area (Å²) in [6.45, 7) is 0.649. The number of benzene rings is 1. The van der Waals surface area contributed by atoms with Gasteiger partial charge in [-0.15, -0.1) is 0 Å². The number of hydrogen-bond acceptors (Lipinski definition) is 5. The van der Waals surface area contributed by atoms with E-state index >= 15 is 0 Å². The maximum Gasteiger partial charge on any atom is 0.273 e. The van der Waals surface area contributed by atoms with Crippen molar-refractivity contribution in [2.45, 2.75) is 44.6 Å². The first-order chi connectivity index (χ1) is 12.1. The monoisotopic (exact) mass is 348 g/mol. The highest BCUT2D eigenvalue weighted by atomic mass is 16.6. The van der Waals surface area contributed by atoms with E-state index in [0.29, 0.717) is 17.7 Å². The van der Waals surface area contributed by atoms with E-state index in [1.807, 2.05) is 4.90 Å². The molecule has 2 fully saturated rings. The molecule has 2 atom stereocenters. The predicted molar refractivity (Wildman–Crippen MR) is 91.8 cm³/mol. The highest BCUT2D eigenvalue weighted by molar-refractivity contribution is 5.78. The molecular weight excluding hydrogens is 324 g/mol. The summed E-state index contributed by atoms with van der Waals surface area (Å²) in [7, 11) is 1.47. The lowest BCUT2D eigenvalue weighted by molar-refractivity contribution is -0.385. The molecule has 0 bridgehead atoms. The Labute approximate surface area is 147 Å². The fraction of sp³-hybridized carbons (Fsp3) is 0.611. The molecule has 3 rings (SSSR count). The van der Waals surface area contributed by atoms with E-state index in [-0.39, 0.29) is 24.0 Å². The van der Waals surface area contributed by atoms with Crippen molar-refractivity contribution in [2.24, 2.45) is 5.92 Å². The third-order valence-electron chi connectivity index (χ3n) is 5.27. The Morgan fingerprint density at radius 2 is 2.00 bits per heavy atom. The van der Waals surface area contributed by atoms with Crippen molar-refractivity contribution in [3.63, 3.8) is 0 Å². The SMILES string of the molecule is COc1ccc([N+](=O)[O-])cc1OCC(=O)N1CCC[C@@H]2CCCC[C@H]21. The number of piperidine rings is 1. The molecule has 136 valence electrons. The molecule has 0 radical (unpaired) electrons. The zero-order valence-electron chi connectivity index (χ0n) is 14.5. The smallest absolute Gasteiger partial charge is 0.273 e. The molecule has 1 amide bonds. The molecule has 7 heteroatoms. The summed E-state index contributed by atoms with van der Waals surface area (Å²) in [5.74, 6) is 1.17. The number of non-ortho nitro benzene ring substituents is 1. The molecule has 1 aliphatic heterocycles. The first-order valence-corrected chi connectivity index (χ1v) is 8.85. The molecule has 0 aromatic heterocycles. The second-order valence-electron chi connectivity index (χ2n) is 6.72. The summed E-state index contributed by atoms with van der Waals surface area (Å²) in [5.41, 5.74) is -0.0893. The number of nitro benzene ring substituents is 1. The van der Waals surface area contributed by atoms with Gasteiger partial charge in [-0.2, -0.15) is 0 Å². The average Bonchev–Trinajstić information content (AvgIpc) is 2.65. The van der Waals surface area contributed by atoms with Crippen LogP contribution in [0.3, 0.4) is 0 Å². The van der Waals surface area contributed by atoms with Gasteiger partial charge in [0, 0.05) is 18.7 Å². The number of rotatable bonds is 5. The minimum absolute atomic E-state index is 0.0508. The molecule has 1 aromatic rings. The van der Waals surface area contributed by atoms with Crippen LogP contribution in [0.25, 0.3) is 0 Å². The van der Waals surface area contributed by atoms with Crippen LogP contribution in [0, 0.1) is 16.0 Å².